The summed E-state index contributed by atoms with van der Waals surface area (Å²) in [4.78, 5) is 11.5. The first-order chi connectivity index (χ1) is 14.3. The van der Waals surface area contributed by atoms with Gasteiger partial charge >= 0.3 is 6.18 Å². The Kier molecular flexibility index (Phi) is 5.82. The van der Waals surface area contributed by atoms with Crippen LogP contribution in [0.2, 0.25) is 5.02 Å². The van der Waals surface area contributed by atoms with Crippen LogP contribution in [-0.4, -0.2) is 24.1 Å². The predicted octanol–water partition coefficient (Wildman–Crippen LogP) is 2.95. The SMILES string of the molecule is NC(=O)C(c1ccc(-n2cc(C(F)(F)F)cn2)c(S(N)(=O)=O)c1)c1c(F)cccc1Cl. The average Bonchev–Trinajstić information content (AvgIpc) is 3.14. The molecule has 0 aliphatic heterocycles. The normalized spacial score (nSPS) is 13.2. The first-order valence-corrected chi connectivity index (χ1v) is 10.3. The second kappa shape index (κ2) is 7.94. The van der Waals surface area contributed by atoms with Crippen molar-refractivity contribution >= 4 is 27.5 Å². The number of benzene rings is 2. The van der Waals surface area contributed by atoms with Crippen LogP contribution in [0.1, 0.15) is 22.6 Å². The van der Waals surface area contributed by atoms with E-state index in [0.29, 0.717) is 17.1 Å². The molecular formula is C18H13ClF4N4O3S. The van der Waals surface area contributed by atoms with Crippen molar-refractivity contribution < 1.29 is 30.8 Å². The third-order valence-electron chi connectivity index (χ3n) is 4.35. The zero-order valence-corrected chi connectivity index (χ0v) is 16.8. The molecule has 3 rings (SSSR count). The van der Waals surface area contributed by atoms with Gasteiger partial charge in [0.2, 0.25) is 15.9 Å². The molecule has 0 bridgehead atoms. The van der Waals surface area contributed by atoms with E-state index in [4.69, 9.17) is 22.5 Å². The zero-order chi connectivity index (χ0) is 23.1. The van der Waals surface area contributed by atoms with E-state index in [0.717, 1.165) is 18.2 Å². The van der Waals surface area contributed by atoms with Crippen LogP contribution in [0.3, 0.4) is 0 Å². The van der Waals surface area contributed by atoms with Crippen LogP contribution in [0.4, 0.5) is 17.6 Å². The number of nitrogens with zero attached hydrogens (tertiary/aromatic N) is 2. The number of carbonyl (C=O) groups is 1. The lowest BCUT2D eigenvalue weighted by Gasteiger charge is -2.18. The van der Waals surface area contributed by atoms with E-state index in [1.54, 1.807) is 0 Å². The molecule has 0 aliphatic carbocycles. The lowest BCUT2D eigenvalue weighted by atomic mass is 9.90. The molecule has 13 heteroatoms. The molecule has 2 aromatic carbocycles. The summed E-state index contributed by atoms with van der Waals surface area (Å²) in [5, 5.41) is 8.62. The summed E-state index contributed by atoms with van der Waals surface area (Å²) in [6.07, 6.45) is -3.63. The van der Waals surface area contributed by atoms with Crippen LogP contribution in [0.5, 0.6) is 0 Å². The fourth-order valence-corrected chi connectivity index (χ4v) is 4.01. The van der Waals surface area contributed by atoms with E-state index in [1.165, 1.54) is 18.2 Å². The fourth-order valence-electron chi connectivity index (χ4n) is 2.99. The Balaban J connectivity index is 2.22. The van der Waals surface area contributed by atoms with Crippen LogP contribution in [0.15, 0.2) is 53.7 Å². The summed E-state index contributed by atoms with van der Waals surface area (Å²) in [5.74, 6) is -3.40. The molecule has 0 saturated heterocycles. The molecule has 0 radical (unpaired) electrons. The van der Waals surface area contributed by atoms with Crippen molar-refractivity contribution in [3.63, 3.8) is 0 Å². The third kappa shape index (κ3) is 4.55. The molecule has 31 heavy (non-hydrogen) atoms. The van der Waals surface area contributed by atoms with Gasteiger partial charge in [0.05, 0.1) is 23.4 Å². The number of hydrogen-bond donors (Lipinski definition) is 2. The number of rotatable bonds is 5. The van der Waals surface area contributed by atoms with Gasteiger partial charge in [-0.25, -0.2) is 22.6 Å². The highest BCUT2D eigenvalue weighted by Crippen LogP contribution is 2.35. The molecule has 0 spiro atoms. The molecular weight excluding hydrogens is 464 g/mol. The van der Waals surface area contributed by atoms with E-state index >= 15 is 0 Å². The number of aromatic nitrogens is 2. The van der Waals surface area contributed by atoms with E-state index in [-0.39, 0.29) is 21.8 Å². The van der Waals surface area contributed by atoms with E-state index in [1.807, 2.05) is 0 Å². The standard InChI is InChI=1S/C18H13ClF4N4O3S/c19-11-2-1-3-12(20)16(11)15(17(24)28)9-4-5-13(14(6-9)31(25,29)30)27-8-10(7-26-27)18(21,22)23/h1-8,15H,(H2,24,28)(H2,25,29,30). The summed E-state index contributed by atoms with van der Waals surface area (Å²) >= 11 is 6.01. The molecule has 0 fully saturated rings. The third-order valence-corrected chi connectivity index (χ3v) is 5.62. The number of primary amides is 1. The predicted molar refractivity (Wildman–Crippen MR) is 102 cm³/mol. The highest BCUT2D eigenvalue weighted by molar-refractivity contribution is 7.89. The number of halogens is 5. The monoisotopic (exact) mass is 476 g/mol. The summed E-state index contributed by atoms with van der Waals surface area (Å²) in [6, 6.07) is 6.83. The molecule has 0 aliphatic rings. The largest absolute Gasteiger partial charge is 0.419 e. The van der Waals surface area contributed by atoms with Gasteiger partial charge < -0.3 is 5.73 Å². The first kappa shape index (κ1) is 22.7. The number of nitrogens with two attached hydrogens (primary N) is 2. The summed E-state index contributed by atoms with van der Waals surface area (Å²) in [5.41, 5.74) is 3.60. The van der Waals surface area contributed by atoms with Crippen LogP contribution in [0.25, 0.3) is 5.69 Å². The Hall–Kier alpha value is -2.96. The van der Waals surface area contributed by atoms with Crippen LogP contribution in [-0.2, 0) is 21.0 Å². The summed E-state index contributed by atoms with van der Waals surface area (Å²) in [7, 11) is -4.51. The van der Waals surface area contributed by atoms with Gasteiger partial charge in [-0.3, -0.25) is 4.79 Å². The summed E-state index contributed by atoms with van der Waals surface area (Å²) in [6.45, 7) is 0. The Morgan fingerprint density at radius 1 is 1.19 bits per heavy atom. The molecule has 1 atom stereocenters. The highest BCUT2D eigenvalue weighted by atomic mass is 35.5. The van der Waals surface area contributed by atoms with Crippen molar-refractivity contribution in [3.8, 4) is 5.69 Å². The van der Waals surface area contributed by atoms with E-state index in [2.05, 4.69) is 5.10 Å². The van der Waals surface area contributed by atoms with E-state index in [9.17, 15) is 30.8 Å². The second-order valence-corrected chi connectivity index (χ2v) is 8.35. The van der Waals surface area contributed by atoms with Crippen molar-refractivity contribution in [3.05, 3.63) is 76.3 Å². The maximum Gasteiger partial charge on any atom is 0.419 e. The van der Waals surface area contributed by atoms with Gasteiger partial charge in [-0.2, -0.15) is 18.3 Å². The van der Waals surface area contributed by atoms with E-state index < -0.39 is 44.3 Å². The zero-order valence-electron chi connectivity index (χ0n) is 15.3. The lowest BCUT2D eigenvalue weighted by molar-refractivity contribution is -0.137. The average molecular weight is 477 g/mol. The molecule has 1 amide bonds. The maximum absolute atomic E-state index is 14.4. The number of hydrogen-bond acceptors (Lipinski definition) is 4. The van der Waals surface area contributed by atoms with Crippen molar-refractivity contribution in [2.75, 3.05) is 0 Å². The van der Waals surface area contributed by atoms with Crippen LogP contribution < -0.4 is 10.9 Å². The minimum absolute atomic E-state index is 0.0875. The van der Waals surface area contributed by atoms with Crippen LogP contribution in [0, 0.1) is 5.82 Å². The van der Waals surface area contributed by atoms with Gasteiger partial charge in [0.25, 0.3) is 0 Å². The molecule has 3 aromatic rings. The molecule has 1 unspecified atom stereocenters. The number of sulfonamides is 1. The van der Waals surface area contributed by atoms with Gasteiger partial charge in [0.15, 0.2) is 0 Å². The van der Waals surface area contributed by atoms with Crippen molar-refractivity contribution in [2.24, 2.45) is 10.9 Å². The molecule has 4 N–H and O–H groups in total. The highest BCUT2D eigenvalue weighted by Gasteiger charge is 2.33. The minimum Gasteiger partial charge on any atom is -0.369 e. The number of carbonyl (C=O) groups excluding carboxylic acids is 1. The fraction of sp³-hybridized carbons (Fsp3) is 0.111. The summed E-state index contributed by atoms with van der Waals surface area (Å²) < 4.78 is 78.0. The molecule has 1 aromatic heterocycles. The Morgan fingerprint density at radius 2 is 1.87 bits per heavy atom. The van der Waals surface area contributed by atoms with Gasteiger partial charge in [-0.05, 0) is 29.8 Å². The van der Waals surface area contributed by atoms with Crippen molar-refractivity contribution in [1.82, 2.24) is 9.78 Å². The maximum atomic E-state index is 14.4. The topological polar surface area (TPSA) is 121 Å². The first-order valence-electron chi connectivity index (χ1n) is 8.33. The van der Waals surface area contributed by atoms with Gasteiger partial charge in [-0.15, -0.1) is 0 Å². The second-order valence-electron chi connectivity index (χ2n) is 6.41. The smallest absolute Gasteiger partial charge is 0.369 e. The number of primary sulfonamides is 1. The molecule has 7 nitrogen and oxygen atoms in total. The molecule has 1 heterocycles. The minimum atomic E-state index is -4.71. The number of amides is 1. The van der Waals surface area contributed by atoms with Gasteiger partial charge in [0.1, 0.15) is 10.7 Å². The Bertz CT molecular complexity index is 1250. The van der Waals surface area contributed by atoms with Crippen molar-refractivity contribution in [2.45, 2.75) is 17.0 Å². The van der Waals surface area contributed by atoms with Gasteiger partial charge in [-0.1, -0.05) is 23.7 Å². The Morgan fingerprint density at radius 3 is 2.39 bits per heavy atom. The van der Waals surface area contributed by atoms with Crippen molar-refractivity contribution in [1.29, 1.82) is 0 Å². The Labute approximate surface area is 178 Å². The van der Waals surface area contributed by atoms with Crippen LogP contribution >= 0.6 is 11.6 Å². The number of alkyl halides is 3. The lowest BCUT2D eigenvalue weighted by Crippen LogP contribution is -2.24. The quantitative estimate of drug-likeness (QED) is 0.550. The molecule has 164 valence electrons. The van der Waals surface area contributed by atoms with Gasteiger partial charge in [0, 0.05) is 16.8 Å². The molecule has 0 saturated carbocycles.